The zero-order chi connectivity index (χ0) is 21.8. The Hall–Kier alpha value is -2.21. The summed E-state index contributed by atoms with van der Waals surface area (Å²) in [5.41, 5.74) is 3.30. The molecule has 0 radical (unpaired) electrons. The van der Waals surface area contributed by atoms with Crippen LogP contribution in [0.4, 0.5) is 0 Å². The number of nitrogens with zero attached hydrogens (tertiary/aromatic N) is 2. The van der Waals surface area contributed by atoms with Crippen molar-refractivity contribution in [1.29, 1.82) is 0 Å². The molecule has 2 fully saturated rings. The first-order valence-corrected chi connectivity index (χ1v) is 11.5. The first-order chi connectivity index (χ1) is 15.0. The highest BCUT2D eigenvalue weighted by atomic mass is 16.5. The first kappa shape index (κ1) is 22.0. The number of rotatable bonds is 6. The minimum Gasteiger partial charge on any atom is -0.373 e. The molecule has 2 aliphatic heterocycles. The summed E-state index contributed by atoms with van der Waals surface area (Å²) in [4.78, 5) is 17.7. The third-order valence-corrected chi connectivity index (χ3v) is 6.50. The van der Waals surface area contributed by atoms with Gasteiger partial charge in [0, 0.05) is 50.4 Å². The molecular formula is C26H35N3O2. The lowest BCUT2D eigenvalue weighted by Gasteiger charge is -2.35. The lowest BCUT2D eigenvalue weighted by Crippen LogP contribution is -2.44. The Morgan fingerprint density at radius 3 is 2.39 bits per heavy atom. The largest absolute Gasteiger partial charge is 0.373 e. The maximum absolute atomic E-state index is 12.8. The highest BCUT2D eigenvalue weighted by molar-refractivity contribution is 5.94. The Morgan fingerprint density at radius 2 is 1.71 bits per heavy atom. The second-order valence-electron chi connectivity index (χ2n) is 9.19. The highest BCUT2D eigenvalue weighted by Gasteiger charge is 2.28. The first-order valence-electron chi connectivity index (χ1n) is 11.5. The lowest BCUT2D eigenvalue weighted by atomic mass is 10.1. The molecule has 2 heterocycles. The van der Waals surface area contributed by atoms with Crippen molar-refractivity contribution in [1.82, 2.24) is 15.1 Å². The Labute approximate surface area is 186 Å². The number of nitrogens with one attached hydrogen (secondary N) is 1. The molecule has 1 N–H and O–H groups in total. The summed E-state index contributed by atoms with van der Waals surface area (Å²) < 4.78 is 5.82. The van der Waals surface area contributed by atoms with Gasteiger partial charge < -0.3 is 10.1 Å². The van der Waals surface area contributed by atoms with Crippen LogP contribution in [0, 0.1) is 0 Å². The number of hydrogen-bond donors (Lipinski definition) is 1. The van der Waals surface area contributed by atoms with Gasteiger partial charge in [-0.2, -0.15) is 0 Å². The minimum absolute atomic E-state index is 0.0272. The Balaban J connectivity index is 1.28. The van der Waals surface area contributed by atoms with Crippen LogP contribution in [0.15, 0.2) is 54.6 Å². The van der Waals surface area contributed by atoms with Crippen molar-refractivity contribution in [2.75, 3.05) is 26.2 Å². The van der Waals surface area contributed by atoms with Crippen molar-refractivity contribution in [2.24, 2.45) is 0 Å². The van der Waals surface area contributed by atoms with Crippen molar-refractivity contribution < 1.29 is 9.53 Å². The van der Waals surface area contributed by atoms with E-state index in [2.05, 4.69) is 78.4 Å². The Bertz CT molecular complexity index is 845. The summed E-state index contributed by atoms with van der Waals surface area (Å²) in [5, 5.41) is 3.24. The minimum atomic E-state index is 0.0272. The number of carbonyl (C=O) groups is 1. The zero-order valence-corrected chi connectivity index (χ0v) is 19.0. The number of benzene rings is 2. The van der Waals surface area contributed by atoms with Gasteiger partial charge in [0.1, 0.15) is 0 Å². The van der Waals surface area contributed by atoms with Gasteiger partial charge in [0.05, 0.1) is 12.2 Å². The standard InChI is InChI=1S/C26H35N3O2/c1-19-15-28(16-20(2)31-19)17-22-9-11-24(12-10-22)26(30)27-25-13-14-29(18-25)21(3)23-7-5-4-6-8-23/h4-12,19-21,25H,13-18H2,1-3H3,(H,27,30). The smallest absolute Gasteiger partial charge is 0.251 e. The number of hydrogen-bond acceptors (Lipinski definition) is 4. The summed E-state index contributed by atoms with van der Waals surface area (Å²) in [6, 6.07) is 19.2. The molecule has 5 heteroatoms. The van der Waals surface area contributed by atoms with Gasteiger partial charge in [-0.15, -0.1) is 0 Å². The van der Waals surface area contributed by atoms with Crippen molar-refractivity contribution >= 4 is 5.91 Å². The number of morpholine rings is 1. The molecule has 2 saturated heterocycles. The van der Waals surface area contributed by atoms with E-state index in [0.717, 1.165) is 44.7 Å². The van der Waals surface area contributed by atoms with E-state index in [1.807, 2.05) is 12.1 Å². The van der Waals surface area contributed by atoms with Crippen molar-refractivity contribution in [2.45, 2.75) is 58.0 Å². The average Bonchev–Trinajstić information content (AvgIpc) is 3.22. The third-order valence-electron chi connectivity index (χ3n) is 6.50. The third kappa shape index (κ3) is 5.73. The number of amides is 1. The van der Waals surface area contributed by atoms with Gasteiger partial charge in [0.15, 0.2) is 0 Å². The fourth-order valence-corrected chi connectivity index (χ4v) is 4.90. The predicted molar refractivity (Wildman–Crippen MR) is 124 cm³/mol. The van der Waals surface area contributed by atoms with Crippen LogP contribution in [-0.4, -0.2) is 60.1 Å². The molecule has 0 spiro atoms. The Kier molecular flexibility index (Phi) is 7.06. The van der Waals surface area contributed by atoms with Gasteiger partial charge >= 0.3 is 0 Å². The van der Waals surface area contributed by atoms with Gasteiger partial charge in [0.25, 0.3) is 5.91 Å². The maximum Gasteiger partial charge on any atom is 0.251 e. The highest BCUT2D eigenvalue weighted by Crippen LogP contribution is 2.24. The van der Waals surface area contributed by atoms with Gasteiger partial charge in [-0.05, 0) is 50.5 Å². The summed E-state index contributed by atoms with van der Waals surface area (Å²) in [7, 11) is 0. The molecule has 4 rings (SSSR count). The number of likely N-dealkylation sites (tertiary alicyclic amines) is 1. The van der Waals surface area contributed by atoms with E-state index in [1.165, 1.54) is 11.1 Å². The molecule has 0 aromatic heterocycles. The zero-order valence-electron chi connectivity index (χ0n) is 19.0. The van der Waals surface area contributed by atoms with Crippen LogP contribution >= 0.6 is 0 Å². The normalized spacial score (nSPS) is 26.0. The molecular weight excluding hydrogens is 386 g/mol. The molecule has 2 aromatic rings. The molecule has 0 saturated carbocycles. The van der Waals surface area contributed by atoms with Crippen LogP contribution in [-0.2, 0) is 11.3 Å². The number of ether oxygens (including phenoxy) is 1. The average molecular weight is 422 g/mol. The molecule has 0 bridgehead atoms. The second kappa shape index (κ2) is 9.94. The summed E-state index contributed by atoms with van der Waals surface area (Å²) in [6.45, 7) is 11.2. The van der Waals surface area contributed by atoms with E-state index in [4.69, 9.17) is 4.74 Å². The summed E-state index contributed by atoms with van der Waals surface area (Å²) in [6.07, 6.45) is 1.53. The SMILES string of the molecule is CC1CN(Cc2ccc(C(=O)NC3CCN(C(C)c4ccccc4)C3)cc2)CC(C)O1. The fraction of sp³-hybridized carbons (Fsp3) is 0.500. The van der Waals surface area contributed by atoms with Gasteiger partial charge in [-0.1, -0.05) is 42.5 Å². The quantitative estimate of drug-likeness (QED) is 0.769. The number of carbonyl (C=O) groups excluding carboxylic acids is 1. The lowest BCUT2D eigenvalue weighted by molar-refractivity contribution is -0.0704. The van der Waals surface area contributed by atoms with E-state index >= 15 is 0 Å². The van der Waals surface area contributed by atoms with Crippen LogP contribution in [0.5, 0.6) is 0 Å². The van der Waals surface area contributed by atoms with Crippen molar-refractivity contribution in [3.8, 4) is 0 Å². The van der Waals surface area contributed by atoms with Crippen LogP contribution in [0.2, 0.25) is 0 Å². The molecule has 1 amide bonds. The van der Waals surface area contributed by atoms with E-state index in [0.29, 0.717) is 6.04 Å². The van der Waals surface area contributed by atoms with Crippen LogP contribution in [0.3, 0.4) is 0 Å². The van der Waals surface area contributed by atoms with Crippen LogP contribution in [0.1, 0.15) is 54.7 Å². The molecule has 0 aliphatic carbocycles. The fourth-order valence-electron chi connectivity index (χ4n) is 4.90. The monoisotopic (exact) mass is 421 g/mol. The van der Waals surface area contributed by atoms with E-state index in [-0.39, 0.29) is 24.2 Å². The Morgan fingerprint density at radius 1 is 1.03 bits per heavy atom. The van der Waals surface area contributed by atoms with Crippen LogP contribution in [0.25, 0.3) is 0 Å². The summed E-state index contributed by atoms with van der Waals surface area (Å²) >= 11 is 0. The maximum atomic E-state index is 12.8. The molecule has 2 aliphatic rings. The molecule has 31 heavy (non-hydrogen) atoms. The summed E-state index contributed by atoms with van der Waals surface area (Å²) in [5.74, 6) is 0.0272. The topological polar surface area (TPSA) is 44.8 Å². The van der Waals surface area contributed by atoms with Gasteiger partial charge in [-0.3, -0.25) is 14.6 Å². The molecule has 2 aromatic carbocycles. The van der Waals surface area contributed by atoms with Crippen molar-refractivity contribution in [3.63, 3.8) is 0 Å². The molecule has 4 atom stereocenters. The molecule has 5 nitrogen and oxygen atoms in total. The van der Waals surface area contributed by atoms with E-state index < -0.39 is 0 Å². The van der Waals surface area contributed by atoms with E-state index in [9.17, 15) is 4.79 Å². The van der Waals surface area contributed by atoms with Gasteiger partial charge in [0.2, 0.25) is 0 Å². The predicted octanol–water partition coefficient (Wildman–Crippen LogP) is 3.86. The van der Waals surface area contributed by atoms with Crippen molar-refractivity contribution in [3.05, 3.63) is 71.3 Å². The van der Waals surface area contributed by atoms with Crippen LogP contribution < -0.4 is 5.32 Å². The second-order valence-corrected chi connectivity index (χ2v) is 9.19. The van der Waals surface area contributed by atoms with Gasteiger partial charge in [-0.25, -0.2) is 0 Å². The molecule has 166 valence electrons. The van der Waals surface area contributed by atoms with E-state index in [1.54, 1.807) is 0 Å². The molecule has 4 unspecified atom stereocenters.